The molecule has 9 heteroatoms. The van der Waals surface area contributed by atoms with Gasteiger partial charge in [-0.25, -0.2) is 13.8 Å². The van der Waals surface area contributed by atoms with E-state index in [9.17, 15) is 13.6 Å². The third-order valence-corrected chi connectivity index (χ3v) is 4.05. The number of hydrogen-bond donors (Lipinski definition) is 1. The molecule has 2 N–H and O–H groups in total. The number of benzene rings is 1. The second-order valence-electron chi connectivity index (χ2n) is 4.91. The number of carbonyl (C=O) groups excluding carboxylic acids is 1. The SMILES string of the molecule is COC(=O)CCN(Cc1cnc(N)s1)Cc1cccc(F)c1F.Cl. The average Bonchev–Trinajstić information content (AvgIpc) is 2.94. The van der Waals surface area contributed by atoms with E-state index >= 15 is 0 Å². The summed E-state index contributed by atoms with van der Waals surface area (Å²) in [7, 11) is 1.31. The Labute approximate surface area is 148 Å². The van der Waals surface area contributed by atoms with E-state index in [-0.39, 0.29) is 36.9 Å². The minimum Gasteiger partial charge on any atom is -0.469 e. The molecule has 0 atom stereocenters. The summed E-state index contributed by atoms with van der Waals surface area (Å²) in [5.41, 5.74) is 5.83. The number of anilines is 1. The highest BCUT2D eigenvalue weighted by Crippen LogP contribution is 2.20. The maximum Gasteiger partial charge on any atom is 0.306 e. The summed E-state index contributed by atoms with van der Waals surface area (Å²) >= 11 is 1.31. The topological polar surface area (TPSA) is 68.5 Å². The quantitative estimate of drug-likeness (QED) is 0.751. The van der Waals surface area contributed by atoms with E-state index in [1.165, 1.54) is 30.6 Å². The number of nitrogens with two attached hydrogens (primary N) is 1. The van der Waals surface area contributed by atoms with Gasteiger partial charge in [-0.3, -0.25) is 9.69 Å². The summed E-state index contributed by atoms with van der Waals surface area (Å²) in [5.74, 6) is -2.13. The largest absolute Gasteiger partial charge is 0.469 e. The van der Waals surface area contributed by atoms with Crippen molar-refractivity contribution in [3.63, 3.8) is 0 Å². The Hall–Kier alpha value is -1.77. The van der Waals surface area contributed by atoms with Gasteiger partial charge in [0.25, 0.3) is 0 Å². The van der Waals surface area contributed by atoms with Crippen LogP contribution >= 0.6 is 23.7 Å². The molecule has 0 aliphatic rings. The molecule has 2 aromatic rings. The predicted octanol–water partition coefficient (Wildman–Crippen LogP) is 2.99. The fraction of sp³-hybridized carbons (Fsp3) is 0.333. The molecule has 1 heterocycles. The van der Waals surface area contributed by atoms with Gasteiger partial charge < -0.3 is 10.5 Å². The number of halogens is 3. The molecule has 0 bridgehead atoms. The molecule has 0 spiro atoms. The van der Waals surface area contributed by atoms with Crippen LogP contribution < -0.4 is 5.73 Å². The van der Waals surface area contributed by atoms with Crippen molar-refractivity contribution < 1.29 is 18.3 Å². The number of nitrogen functional groups attached to an aromatic ring is 1. The lowest BCUT2D eigenvalue weighted by Crippen LogP contribution is -2.26. The van der Waals surface area contributed by atoms with Gasteiger partial charge in [-0.1, -0.05) is 12.1 Å². The molecule has 0 fully saturated rings. The highest BCUT2D eigenvalue weighted by molar-refractivity contribution is 7.15. The van der Waals surface area contributed by atoms with Crippen LogP contribution in [0.15, 0.2) is 24.4 Å². The zero-order valence-electron chi connectivity index (χ0n) is 13.0. The van der Waals surface area contributed by atoms with Gasteiger partial charge >= 0.3 is 5.97 Å². The van der Waals surface area contributed by atoms with Gasteiger partial charge in [0.1, 0.15) is 0 Å². The van der Waals surface area contributed by atoms with Gasteiger partial charge in [-0.15, -0.1) is 23.7 Å². The first-order chi connectivity index (χ1) is 11.0. The third kappa shape index (κ3) is 5.70. The molecule has 2 rings (SSSR count). The first kappa shape index (κ1) is 20.3. The van der Waals surface area contributed by atoms with Crippen LogP contribution in [-0.4, -0.2) is 29.5 Å². The smallest absolute Gasteiger partial charge is 0.306 e. The molecule has 0 saturated heterocycles. The van der Waals surface area contributed by atoms with Crippen LogP contribution in [0.5, 0.6) is 0 Å². The van der Waals surface area contributed by atoms with Crippen molar-refractivity contribution >= 4 is 34.8 Å². The lowest BCUT2D eigenvalue weighted by atomic mass is 10.2. The number of rotatable bonds is 7. The lowest BCUT2D eigenvalue weighted by molar-refractivity contribution is -0.141. The molecule has 0 aliphatic carbocycles. The van der Waals surface area contributed by atoms with Crippen LogP contribution in [0.4, 0.5) is 13.9 Å². The molecule has 1 aromatic carbocycles. The van der Waals surface area contributed by atoms with Gasteiger partial charge in [-0.2, -0.15) is 0 Å². The van der Waals surface area contributed by atoms with Crippen molar-refractivity contribution in [3.8, 4) is 0 Å². The van der Waals surface area contributed by atoms with Crippen molar-refractivity contribution in [2.75, 3.05) is 19.4 Å². The summed E-state index contributed by atoms with van der Waals surface area (Å²) in [6, 6.07) is 4.04. The molecule has 0 radical (unpaired) electrons. The van der Waals surface area contributed by atoms with E-state index in [0.29, 0.717) is 18.2 Å². The number of methoxy groups -OCH3 is 1. The molecular weight excluding hydrogens is 360 g/mol. The van der Waals surface area contributed by atoms with Crippen LogP contribution in [0.1, 0.15) is 16.9 Å². The predicted molar refractivity (Wildman–Crippen MR) is 90.9 cm³/mol. The maximum atomic E-state index is 13.8. The Morgan fingerprint density at radius 2 is 2.12 bits per heavy atom. The highest BCUT2D eigenvalue weighted by atomic mass is 35.5. The zero-order valence-corrected chi connectivity index (χ0v) is 14.6. The minimum atomic E-state index is -0.891. The summed E-state index contributed by atoms with van der Waals surface area (Å²) in [4.78, 5) is 18.0. The minimum absolute atomic E-state index is 0. The number of hydrogen-bond acceptors (Lipinski definition) is 6. The standard InChI is InChI=1S/C15H17F2N3O2S.ClH/c1-22-13(21)5-6-20(9-11-7-19-15(18)23-11)8-10-3-2-4-12(16)14(10)17;/h2-4,7H,5-6,8-9H2,1H3,(H2,18,19);1H. The van der Waals surface area contributed by atoms with E-state index in [1.54, 1.807) is 6.20 Å². The number of aromatic nitrogens is 1. The Morgan fingerprint density at radius 1 is 1.38 bits per heavy atom. The van der Waals surface area contributed by atoms with Crippen LogP contribution in [0.3, 0.4) is 0 Å². The summed E-state index contributed by atoms with van der Waals surface area (Å²) in [5, 5.41) is 0.435. The zero-order chi connectivity index (χ0) is 16.8. The van der Waals surface area contributed by atoms with E-state index in [4.69, 9.17) is 5.73 Å². The fourth-order valence-electron chi connectivity index (χ4n) is 2.09. The van der Waals surface area contributed by atoms with Crippen molar-refractivity contribution in [2.24, 2.45) is 0 Å². The van der Waals surface area contributed by atoms with Gasteiger partial charge in [0.2, 0.25) is 0 Å². The summed E-state index contributed by atoms with van der Waals surface area (Å²) in [6.45, 7) is 0.945. The maximum absolute atomic E-state index is 13.8. The van der Waals surface area contributed by atoms with Gasteiger partial charge in [-0.05, 0) is 6.07 Å². The monoisotopic (exact) mass is 377 g/mol. The molecule has 132 valence electrons. The van der Waals surface area contributed by atoms with E-state index in [1.807, 2.05) is 4.90 Å². The molecule has 5 nitrogen and oxygen atoms in total. The number of nitrogens with zero attached hydrogens (tertiary/aromatic N) is 2. The first-order valence-electron chi connectivity index (χ1n) is 6.92. The van der Waals surface area contributed by atoms with Crippen LogP contribution in [0.25, 0.3) is 0 Å². The Balaban J connectivity index is 0.00000288. The molecule has 0 unspecified atom stereocenters. The number of thiazole rings is 1. The Kier molecular flexibility index (Phi) is 8.03. The van der Waals surface area contributed by atoms with Crippen molar-refractivity contribution in [2.45, 2.75) is 19.5 Å². The molecular formula is C15H18ClF2N3O2S. The fourth-order valence-corrected chi connectivity index (χ4v) is 2.82. The third-order valence-electron chi connectivity index (χ3n) is 3.24. The van der Waals surface area contributed by atoms with Crippen molar-refractivity contribution in [1.29, 1.82) is 0 Å². The van der Waals surface area contributed by atoms with Crippen LogP contribution in [0.2, 0.25) is 0 Å². The van der Waals surface area contributed by atoms with Crippen LogP contribution in [-0.2, 0) is 22.6 Å². The van der Waals surface area contributed by atoms with Gasteiger partial charge in [0.15, 0.2) is 16.8 Å². The lowest BCUT2D eigenvalue weighted by Gasteiger charge is -2.21. The highest BCUT2D eigenvalue weighted by Gasteiger charge is 2.15. The molecule has 0 amide bonds. The molecule has 0 aliphatic heterocycles. The van der Waals surface area contributed by atoms with Gasteiger partial charge in [0.05, 0.1) is 13.5 Å². The number of carbonyl (C=O) groups is 1. The first-order valence-corrected chi connectivity index (χ1v) is 7.73. The Bertz CT molecular complexity index is 684. The number of esters is 1. The van der Waals surface area contributed by atoms with Crippen molar-refractivity contribution in [1.82, 2.24) is 9.88 Å². The molecule has 1 aromatic heterocycles. The average molecular weight is 378 g/mol. The summed E-state index contributed by atoms with van der Waals surface area (Å²) in [6.07, 6.45) is 1.79. The number of ether oxygens (including phenoxy) is 1. The second kappa shape index (κ2) is 9.51. The van der Waals surface area contributed by atoms with E-state index in [0.717, 1.165) is 10.9 Å². The molecule has 24 heavy (non-hydrogen) atoms. The molecule has 0 saturated carbocycles. The van der Waals surface area contributed by atoms with Crippen LogP contribution in [0, 0.1) is 11.6 Å². The van der Waals surface area contributed by atoms with E-state index in [2.05, 4.69) is 9.72 Å². The van der Waals surface area contributed by atoms with E-state index < -0.39 is 11.6 Å². The van der Waals surface area contributed by atoms with Crippen molar-refractivity contribution in [3.05, 3.63) is 46.5 Å². The second-order valence-corrected chi connectivity index (χ2v) is 6.06. The summed E-state index contributed by atoms with van der Waals surface area (Å²) < 4.78 is 31.8. The van der Waals surface area contributed by atoms with Gasteiger partial charge in [0, 0.05) is 36.3 Å². The normalized spacial score (nSPS) is 10.5. The Morgan fingerprint density at radius 3 is 2.75 bits per heavy atom.